The summed E-state index contributed by atoms with van der Waals surface area (Å²) in [4.78, 5) is 16.7. The third kappa shape index (κ3) is 7.20. The van der Waals surface area contributed by atoms with Crippen LogP contribution in [0.4, 0.5) is 0 Å². The van der Waals surface area contributed by atoms with Gasteiger partial charge in [0.05, 0.1) is 34.4 Å². The summed E-state index contributed by atoms with van der Waals surface area (Å²) in [6, 6.07) is 13.2. The second kappa shape index (κ2) is 12.2. The minimum Gasteiger partial charge on any atom is -0.497 e. The van der Waals surface area contributed by atoms with Gasteiger partial charge in [-0.25, -0.2) is 4.99 Å². The van der Waals surface area contributed by atoms with Gasteiger partial charge in [0.1, 0.15) is 17.2 Å². The standard InChI is InChI=1S/C22H30N4O4/c1-5-23-22(25-14-17-8-11-19(29-3)12-20(17)30-4)26-15-21(27)24-13-16-6-9-18(28-2)10-7-16/h6-12H,5,13-15H2,1-4H3,(H,24,27)(H2,23,25,26). The quantitative estimate of drug-likeness (QED) is 0.407. The highest BCUT2D eigenvalue weighted by molar-refractivity contribution is 5.86. The number of amides is 1. The molecule has 1 amide bonds. The van der Waals surface area contributed by atoms with Crippen LogP contribution in [0.5, 0.6) is 17.2 Å². The Morgan fingerprint density at radius 3 is 2.23 bits per heavy atom. The zero-order chi connectivity index (χ0) is 21.8. The fourth-order valence-electron chi connectivity index (χ4n) is 2.66. The van der Waals surface area contributed by atoms with Gasteiger partial charge in [0.25, 0.3) is 0 Å². The summed E-state index contributed by atoms with van der Waals surface area (Å²) in [5.74, 6) is 2.63. The lowest BCUT2D eigenvalue weighted by atomic mass is 10.2. The number of ether oxygens (including phenoxy) is 3. The minimum absolute atomic E-state index is 0.113. The van der Waals surface area contributed by atoms with Crippen LogP contribution in [0.15, 0.2) is 47.5 Å². The Morgan fingerprint density at radius 2 is 1.60 bits per heavy atom. The van der Waals surface area contributed by atoms with E-state index in [4.69, 9.17) is 14.2 Å². The van der Waals surface area contributed by atoms with Crippen molar-refractivity contribution in [3.8, 4) is 17.2 Å². The third-order valence-electron chi connectivity index (χ3n) is 4.31. The second-order valence-electron chi connectivity index (χ2n) is 6.35. The number of nitrogens with one attached hydrogen (secondary N) is 3. The van der Waals surface area contributed by atoms with Crippen molar-refractivity contribution in [2.45, 2.75) is 20.0 Å². The topological polar surface area (TPSA) is 93.2 Å². The van der Waals surface area contributed by atoms with Crippen LogP contribution in [0.2, 0.25) is 0 Å². The maximum atomic E-state index is 12.2. The molecular formula is C22H30N4O4. The summed E-state index contributed by atoms with van der Waals surface area (Å²) in [5.41, 5.74) is 1.91. The molecule has 0 spiro atoms. The van der Waals surface area contributed by atoms with Crippen LogP contribution in [0, 0.1) is 0 Å². The number of aliphatic imine (C=N–C) groups is 1. The van der Waals surface area contributed by atoms with Crippen LogP contribution in [-0.2, 0) is 17.9 Å². The molecule has 0 heterocycles. The molecule has 162 valence electrons. The fourth-order valence-corrected chi connectivity index (χ4v) is 2.66. The Labute approximate surface area is 177 Å². The fraction of sp³-hybridized carbons (Fsp3) is 0.364. The van der Waals surface area contributed by atoms with Gasteiger partial charge in [-0.15, -0.1) is 0 Å². The lowest BCUT2D eigenvalue weighted by molar-refractivity contribution is -0.120. The normalized spacial score (nSPS) is 10.9. The van der Waals surface area contributed by atoms with E-state index < -0.39 is 0 Å². The smallest absolute Gasteiger partial charge is 0.239 e. The Morgan fingerprint density at radius 1 is 0.900 bits per heavy atom. The number of methoxy groups -OCH3 is 3. The summed E-state index contributed by atoms with van der Waals surface area (Å²) in [5, 5.41) is 9.06. The van der Waals surface area contributed by atoms with Crippen molar-refractivity contribution in [3.05, 3.63) is 53.6 Å². The highest BCUT2D eigenvalue weighted by atomic mass is 16.5. The zero-order valence-corrected chi connectivity index (χ0v) is 18.0. The zero-order valence-electron chi connectivity index (χ0n) is 18.0. The molecule has 0 fully saturated rings. The molecular weight excluding hydrogens is 384 g/mol. The van der Waals surface area contributed by atoms with Gasteiger partial charge >= 0.3 is 0 Å². The van der Waals surface area contributed by atoms with E-state index in [1.54, 1.807) is 21.3 Å². The maximum absolute atomic E-state index is 12.2. The molecule has 0 radical (unpaired) electrons. The molecule has 0 aliphatic heterocycles. The first kappa shape index (κ1) is 22.9. The second-order valence-corrected chi connectivity index (χ2v) is 6.35. The number of carbonyl (C=O) groups excluding carboxylic acids is 1. The molecule has 2 rings (SSSR count). The first-order valence-corrected chi connectivity index (χ1v) is 9.72. The van der Waals surface area contributed by atoms with E-state index in [1.165, 1.54) is 0 Å². The lowest BCUT2D eigenvalue weighted by Gasteiger charge is -2.13. The predicted octanol–water partition coefficient (Wildman–Crippen LogP) is 2.08. The molecule has 0 atom stereocenters. The molecule has 0 aromatic heterocycles. The van der Waals surface area contributed by atoms with Gasteiger partial charge in [-0.3, -0.25) is 4.79 Å². The molecule has 8 nitrogen and oxygen atoms in total. The molecule has 0 aliphatic carbocycles. The predicted molar refractivity (Wildman–Crippen MR) is 117 cm³/mol. The van der Waals surface area contributed by atoms with E-state index in [0.717, 1.165) is 22.6 Å². The van der Waals surface area contributed by atoms with Crippen LogP contribution in [0.1, 0.15) is 18.1 Å². The number of hydrogen-bond donors (Lipinski definition) is 3. The Hall–Kier alpha value is -3.42. The van der Waals surface area contributed by atoms with Crippen LogP contribution in [0.3, 0.4) is 0 Å². The minimum atomic E-state index is -0.126. The van der Waals surface area contributed by atoms with E-state index in [0.29, 0.717) is 31.3 Å². The average Bonchev–Trinajstić information content (AvgIpc) is 2.79. The monoisotopic (exact) mass is 414 g/mol. The van der Waals surface area contributed by atoms with Gasteiger partial charge in [-0.1, -0.05) is 12.1 Å². The van der Waals surface area contributed by atoms with Crippen molar-refractivity contribution < 1.29 is 19.0 Å². The first-order valence-electron chi connectivity index (χ1n) is 9.72. The summed E-state index contributed by atoms with van der Waals surface area (Å²) < 4.78 is 15.8. The molecule has 3 N–H and O–H groups in total. The highest BCUT2D eigenvalue weighted by Gasteiger charge is 2.07. The molecule has 0 bridgehead atoms. The lowest BCUT2D eigenvalue weighted by Crippen LogP contribution is -2.43. The van der Waals surface area contributed by atoms with Crippen LogP contribution >= 0.6 is 0 Å². The van der Waals surface area contributed by atoms with Crippen molar-refractivity contribution in [1.82, 2.24) is 16.0 Å². The number of nitrogens with zero attached hydrogens (tertiary/aromatic N) is 1. The van der Waals surface area contributed by atoms with Gasteiger partial charge in [0, 0.05) is 24.7 Å². The Balaban J connectivity index is 1.89. The third-order valence-corrected chi connectivity index (χ3v) is 4.31. The molecule has 0 unspecified atom stereocenters. The van der Waals surface area contributed by atoms with E-state index >= 15 is 0 Å². The van der Waals surface area contributed by atoms with E-state index in [2.05, 4.69) is 20.9 Å². The van der Waals surface area contributed by atoms with E-state index in [1.807, 2.05) is 49.4 Å². The highest BCUT2D eigenvalue weighted by Crippen LogP contribution is 2.25. The van der Waals surface area contributed by atoms with Crippen molar-refractivity contribution in [1.29, 1.82) is 0 Å². The van der Waals surface area contributed by atoms with Crippen molar-refractivity contribution in [3.63, 3.8) is 0 Å². The summed E-state index contributed by atoms with van der Waals surface area (Å²) in [6.45, 7) is 3.60. The van der Waals surface area contributed by atoms with Crippen LogP contribution < -0.4 is 30.2 Å². The number of rotatable bonds is 10. The van der Waals surface area contributed by atoms with Crippen LogP contribution in [-0.4, -0.2) is 46.3 Å². The van der Waals surface area contributed by atoms with Gasteiger partial charge in [0.2, 0.25) is 5.91 Å². The maximum Gasteiger partial charge on any atom is 0.239 e. The molecule has 0 saturated carbocycles. The Bertz CT molecular complexity index is 838. The molecule has 0 saturated heterocycles. The van der Waals surface area contributed by atoms with Gasteiger partial charge in [0.15, 0.2) is 5.96 Å². The molecule has 0 aliphatic rings. The Kier molecular flexibility index (Phi) is 9.30. The molecule has 8 heteroatoms. The molecule has 2 aromatic rings. The SMILES string of the molecule is CCNC(=NCc1ccc(OC)cc1OC)NCC(=O)NCc1ccc(OC)cc1. The summed E-state index contributed by atoms with van der Waals surface area (Å²) in [6.07, 6.45) is 0. The molecule has 2 aromatic carbocycles. The van der Waals surface area contributed by atoms with Gasteiger partial charge < -0.3 is 30.2 Å². The first-order chi connectivity index (χ1) is 14.6. The number of carbonyl (C=O) groups is 1. The van der Waals surface area contributed by atoms with Crippen molar-refractivity contribution in [2.24, 2.45) is 4.99 Å². The average molecular weight is 415 g/mol. The van der Waals surface area contributed by atoms with Crippen molar-refractivity contribution >= 4 is 11.9 Å². The summed E-state index contributed by atoms with van der Waals surface area (Å²) in [7, 11) is 4.84. The molecule has 30 heavy (non-hydrogen) atoms. The van der Waals surface area contributed by atoms with Crippen LogP contribution in [0.25, 0.3) is 0 Å². The van der Waals surface area contributed by atoms with E-state index in [9.17, 15) is 4.79 Å². The number of hydrogen-bond acceptors (Lipinski definition) is 5. The number of benzene rings is 2. The summed E-state index contributed by atoms with van der Waals surface area (Å²) >= 11 is 0. The van der Waals surface area contributed by atoms with Crippen molar-refractivity contribution in [2.75, 3.05) is 34.4 Å². The largest absolute Gasteiger partial charge is 0.497 e. The number of guanidine groups is 1. The van der Waals surface area contributed by atoms with Gasteiger partial charge in [-0.05, 0) is 36.8 Å². The van der Waals surface area contributed by atoms with E-state index in [-0.39, 0.29) is 12.5 Å². The van der Waals surface area contributed by atoms with Gasteiger partial charge in [-0.2, -0.15) is 0 Å².